The third kappa shape index (κ3) is 1.34. The van der Waals surface area contributed by atoms with Crippen LogP contribution in [0.1, 0.15) is 5.69 Å². The lowest BCUT2D eigenvalue weighted by Crippen LogP contribution is -1.98. The van der Waals surface area contributed by atoms with Crippen LogP contribution < -0.4 is 5.73 Å². The highest BCUT2D eigenvalue weighted by molar-refractivity contribution is 6.31. The molecule has 0 aliphatic rings. The Morgan fingerprint density at radius 2 is 2.07 bits per heavy atom. The van der Waals surface area contributed by atoms with Gasteiger partial charge in [0.05, 0.1) is 11.0 Å². The molecule has 0 radical (unpaired) electrons. The number of fused-ring (bicyclic) bond motifs is 1. The number of rotatable bonds is 0. The van der Waals surface area contributed by atoms with E-state index < -0.39 is 0 Å². The van der Waals surface area contributed by atoms with E-state index in [0.717, 1.165) is 0 Å². The van der Waals surface area contributed by atoms with E-state index in [1.54, 1.807) is 18.2 Å². The van der Waals surface area contributed by atoms with Gasteiger partial charge in [-0.2, -0.15) is 5.26 Å². The lowest BCUT2D eigenvalue weighted by molar-refractivity contribution is 1.25. The molecule has 0 bridgehead atoms. The summed E-state index contributed by atoms with van der Waals surface area (Å²) in [5, 5.41) is 9.24. The van der Waals surface area contributed by atoms with Crippen molar-refractivity contribution >= 4 is 28.5 Å². The molecule has 0 atom stereocenters. The van der Waals surface area contributed by atoms with Crippen molar-refractivity contribution in [1.82, 2.24) is 9.97 Å². The van der Waals surface area contributed by atoms with Crippen LogP contribution >= 0.6 is 11.6 Å². The van der Waals surface area contributed by atoms with E-state index >= 15 is 0 Å². The molecule has 0 unspecified atom stereocenters. The van der Waals surface area contributed by atoms with Crippen LogP contribution in [-0.2, 0) is 0 Å². The maximum Gasteiger partial charge on any atom is 0.183 e. The molecule has 4 nitrogen and oxygen atoms in total. The smallest absolute Gasteiger partial charge is 0.183 e. The third-order valence-electron chi connectivity index (χ3n) is 1.76. The van der Waals surface area contributed by atoms with E-state index in [2.05, 4.69) is 9.97 Å². The molecular weight excluding hydrogens is 200 g/mol. The van der Waals surface area contributed by atoms with E-state index in [1.165, 1.54) is 0 Å². The van der Waals surface area contributed by atoms with E-state index in [0.29, 0.717) is 16.1 Å². The maximum atomic E-state index is 8.67. The molecule has 68 valence electrons. The number of nitrogens with zero attached hydrogens (tertiary/aromatic N) is 3. The van der Waals surface area contributed by atoms with Gasteiger partial charge in [0.15, 0.2) is 11.5 Å². The zero-order valence-corrected chi connectivity index (χ0v) is 7.78. The molecule has 2 rings (SSSR count). The van der Waals surface area contributed by atoms with Gasteiger partial charge in [0, 0.05) is 5.02 Å². The average molecular weight is 205 g/mol. The molecule has 0 aliphatic heterocycles. The number of halogens is 1. The highest BCUT2D eigenvalue weighted by Crippen LogP contribution is 2.18. The minimum absolute atomic E-state index is 0.127. The number of nitriles is 1. The minimum Gasteiger partial charge on any atom is -0.381 e. The molecule has 2 aromatic rings. The predicted molar refractivity (Wildman–Crippen MR) is 53.7 cm³/mol. The summed E-state index contributed by atoms with van der Waals surface area (Å²) >= 11 is 5.77. The van der Waals surface area contributed by atoms with E-state index in [9.17, 15) is 0 Å². The van der Waals surface area contributed by atoms with Gasteiger partial charge in [0.25, 0.3) is 0 Å². The first-order valence-electron chi connectivity index (χ1n) is 3.83. The molecule has 0 saturated heterocycles. The molecule has 0 spiro atoms. The summed E-state index contributed by atoms with van der Waals surface area (Å²) in [6.45, 7) is 0. The molecule has 0 saturated carbocycles. The molecule has 1 heterocycles. The van der Waals surface area contributed by atoms with Crippen molar-refractivity contribution in [3.05, 3.63) is 28.9 Å². The van der Waals surface area contributed by atoms with E-state index in [-0.39, 0.29) is 11.5 Å². The Bertz CT molecular complexity index is 544. The largest absolute Gasteiger partial charge is 0.381 e. The van der Waals surface area contributed by atoms with Crippen LogP contribution in [0.2, 0.25) is 5.02 Å². The molecular formula is C9H5ClN4. The van der Waals surface area contributed by atoms with Crippen LogP contribution in [-0.4, -0.2) is 9.97 Å². The van der Waals surface area contributed by atoms with Gasteiger partial charge < -0.3 is 5.73 Å². The number of benzene rings is 1. The fraction of sp³-hybridized carbons (Fsp3) is 0. The van der Waals surface area contributed by atoms with Gasteiger partial charge in [-0.15, -0.1) is 0 Å². The first-order valence-corrected chi connectivity index (χ1v) is 4.21. The number of nitrogen functional groups attached to an aromatic ring is 1. The monoisotopic (exact) mass is 204 g/mol. The molecule has 0 aliphatic carbocycles. The normalized spacial score (nSPS) is 10.0. The summed E-state index contributed by atoms with van der Waals surface area (Å²) in [4.78, 5) is 8.04. The van der Waals surface area contributed by atoms with Crippen LogP contribution in [0, 0.1) is 11.3 Å². The Balaban J connectivity index is 2.81. The number of nitrogens with two attached hydrogens (primary N) is 1. The maximum absolute atomic E-state index is 8.67. The molecule has 5 heteroatoms. The third-order valence-corrected chi connectivity index (χ3v) is 1.99. The van der Waals surface area contributed by atoms with Crippen LogP contribution in [0.5, 0.6) is 0 Å². The number of hydrogen-bond acceptors (Lipinski definition) is 4. The summed E-state index contributed by atoms with van der Waals surface area (Å²) < 4.78 is 0. The second-order valence-corrected chi connectivity index (χ2v) is 3.14. The summed E-state index contributed by atoms with van der Waals surface area (Å²) in [5.74, 6) is 0.127. The van der Waals surface area contributed by atoms with Gasteiger partial charge in [-0.05, 0) is 18.2 Å². The molecule has 0 amide bonds. The van der Waals surface area contributed by atoms with Crippen molar-refractivity contribution in [2.24, 2.45) is 0 Å². The Hall–Kier alpha value is -1.86. The quantitative estimate of drug-likeness (QED) is 0.709. The summed E-state index contributed by atoms with van der Waals surface area (Å²) in [6.07, 6.45) is 0. The lowest BCUT2D eigenvalue weighted by Gasteiger charge is -1.99. The van der Waals surface area contributed by atoms with Crippen molar-refractivity contribution in [2.75, 3.05) is 5.73 Å². The fourth-order valence-electron chi connectivity index (χ4n) is 1.12. The van der Waals surface area contributed by atoms with Crippen LogP contribution in [0.3, 0.4) is 0 Å². The fourth-order valence-corrected chi connectivity index (χ4v) is 1.29. The second-order valence-electron chi connectivity index (χ2n) is 2.70. The SMILES string of the molecule is N#Cc1nc2ccc(Cl)cc2nc1N. The Kier molecular flexibility index (Phi) is 1.95. The van der Waals surface area contributed by atoms with Gasteiger partial charge in [0.2, 0.25) is 0 Å². The molecule has 2 N–H and O–H groups in total. The molecule has 0 fully saturated rings. The Morgan fingerprint density at radius 3 is 2.79 bits per heavy atom. The average Bonchev–Trinajstić information content (AvgIpc) is 2.16. The second kappa shape index (κ2) is 3.13. The summed E-state index contributed by atoms with van der Waals surface area (Å²) in [6, 6.07) is 6.91. The highest BCUT2D eigenvalue weighted by atomic mass is 35.5. The van der Waals surface area contributed by atoms with Crippen LogP contribution in [0.25, 0.3) is 11.0 Å². The number of anilines is 1. The molecule has 1 aromatic carbocycles. The van der Waals surface area contributed by atoms with Gasteiger partial charge >= 0.3 is 0 Å². The van der Waals surface area contributed by atoms with Crippen molar-refractivity contribution in [1.29, 1.82) is 5.26 Å². The molecule has 14 heavy (non-hydrogen) atoms. The zero-order valence-electron chi connectivity index (χ0n) is 7.03. The predicted octanol–water partition coefficient (Wildman–Crippen LogP) is 1.74. The van der Waals surface area contributed by atoms with Gasteiger partial charge in [-0.1, -0.05) is 11.6 Å². The standard InChI is InChI=1S/C9H5ClN4/c10-5-1-2-6-7(3-5)14-9(12)8(4-11)13-6/h1-3H,(H2,12,14). The first-order chi connectivity index (χ1) is 6.70. The first kappa shape index (κ1) is 8.73. The molecule has 1 aromatic heterocycles. The van der Waals surface area contributed by atoms with Crippen LogP contribution in [0.15, 0.2) is 18.2 Å². The minimum atomic E-state index is 0.127. The van der Waals surface area contributed by atoms with Crippen molar-refractivity contribution in [3.8, 4) is 6.07 Å². The van der Waals surface area contributed by atoms with Crippen molar-refractivity contribution in [2.45, 2.75) is 0 Å². The Morgan fingerprint density at radius 1 is 1.29 bits per heavy atom. The van der Waals surface area contributed by atoms with Crippen molar-refractivity contribution in [3.63, 3.8) is 0 Å². The number of hydrogen-bond donors (Lipinski definition) is 1. The number of aromatic nitrogens is 2. The zero-order chi connectivity index (χ0) is 10.1. The van der Waals surface area contributed by atoms with Gasteiger partial charge in [-0.3, -0.25) is 0 Å². The van der Waals surface area contributed by atoms with Gasteiger partial charge in [-0.25, -0.2) is 9.97 Å². The summed E-state index contributed by atoms with van der Waals surface area (Å²) in [7, 11) is 0. The van der Waals surface area contributed by atoms with Crippen LogP contribution in [0.4, 0.5) is 5.82 Å². The van der Waals surface area contributed by atoms with Crippen molar-refractivity contribution < 1.29 is 0 Å². The highest BCUT2D eigenvalue weighted by Gasteiger charge is 2.04. The topological polar surface area (TPSA) is 75.6 Å². The Labute approximate surface area is 85.0 Å². The van der Waals surface area contributed by atoms with E-state index in [4.69, 9.17) is 22.6 Å². The van der Waals surface area contributed by atoms with E-state index in [1.807, 2.05) is 6.07 Å². The van der Waals surface area contributed by atoms with Gasteiger partial charge in [0.1, 0.15) is 6.07 Å². The lowest BCUT2D eigenvalue weighted by atomic mass is 10.3. The summed E-state index contributed by atoms with van der Waals surface area (Å²) in [5.41, 5.74) is 6.85.